The van der Waals surface area contributed by atoms with Crippen molar-refractivity contribution >= 4 is 33.2 Å². The summed E-state index contributed by atoms with van der Waals surface area (Å²) in [5.41, 5.74) is 0.113. The van der Waals surface area contributed by atoms with Gasteiger partial charge in [0.15, 0.2) is 5.82 Å². The molecule has 1 atom stereocenters. The number of anilines is 1. The number of nitrogens with one attached hydrogen (secondary N) is 2. The Balaban J connectivity index is 2.13. The van der Waals surface area contributed by atoms with Gasteiger partial charge >= 0.3 is 0 Å². The van der Waals surface area contributed by atoms with Crippen LogP contribution in [0.5, 0.6) is 0 Å². The molecule has 1 amide bonds. The molecule has 0 aliphatic rings. The highest BCUT2D eigenvalue weighted by molar-refractivity contribution is 7.89. The summed E-state index contributed by atoms with van der Waals surface area (Å²) in [6.07, 6.45) is 0. The molecule has 26 heavy (non-hydrogen) atoms. The van der Waals surface area contributed by atoms with E-state index in [1.54, 1.807) is 6.92 Å². The van der Waals surface area contributed by atoms with Crippen molar-refractivity contribution in [2.45, 2.75) is 17.9 Å². The van der Waals surface area contributed by atoms with Gasteiger partial charge in [-0.25, -0.2) is 17.5 Å². The van der Waals surface area contributed by atoms with Crippen molar-refractivity contribution in [3.8, 4) is 0 Å². The molecule has 0 aromatic heterocycles. The lowest BCUT2D eigenvalue weighted by molar-refractivity contribution is 0.102. The molecule has 0 aliphatic carbocycles. The molecule has 0 fully saturated rings. The van der Waals surface area contributed by atoms with Gasteiger partial charge in [0.1, 0.15) is 0 Å². The maximum absolute atomic E-state index is 13.8. The minimum absolute atomic E-state index is 0.00550. The van der Waals surface area contributed by atoms with Crippen LogP contribution in [0.25, 0.3) is 0 Å². The van der Waals surface area contributed by atoms with E-state index in [4.69, 9.17) is 16.3 Å². The number of carbonyl (C=O) groups excluding carboxylic acids is 1. The van der Waals surface area contributed by atoms with Crippen LogP contribution in [0, 0.1) is 5.82 Å². The standard InChI is InChI=1S/C17H18ClFN2O4S/c1-11(10-25-2)21-26(23,24)13-8-6-12(7-9-13)17(22)20-15-5-3-4-14(18)16(15)19/h3-9,11,21H,10H2,1-2H3,(H,20,22)/t11-/m1/s1. The average Bonchev–Trinajstić information content (AvgIpc) is 2.59. The third-order valence-electron chi connectivity index (χ3n) is 3.40. The first-order valence-corrected chi connectivity index (χ1v) is 9.47. The largest absolute Gasteiger partial charge is 0.383 e. The molecule has 0 spiro atoms. The minimum atomic E-state index is -3.73. The van der Waals surface area contributed by atoms with Crippen LogP contribution in [0.2, 0.25) is 5.02 Å². The zero-order valence-electron chi connectivity index (χ0n) is 14.1. The van der Waals surface area contributed by atoms with Gasteiger partial charge in [-0.1, -0.05) is 17.7 Å². The first-order chi connectivity index (χ1) is 12.2. The SMILES string of the molecule is COC[C@@H](C)NS(=O)(=O)c1ccc(C(=O)Nc2cccc(Cl)c2F)cc1. The normalized spacial score (nSPS) is 12.6. The fourth-order valence-corrected chi connectivity index (χ4v) is 3.60. The summed E-state index contributed by atoms with van der Waals surface area (Å²) in [5.74, 6) is -1.33. The Bertz CT molecular complexity index is 888. The smallest absolute Gasteiger partial charge is 0.255 e. The minimum Gasteiger partial charge on any atom is -0.383 e. The zero-order chi connectivity index (χ0) is 19.3. The van der Waals surface area contributed by atoms with Crippen molar-refractivity contribution in [2.75, 3.05) is 19.0 Å². The number of benzene rings is 2. The van der Waals surface area contributed by atoms with Crippen LogP contribution in [0.1, 0.15) is 17.3 Å². The fraction of sp³-hybridized carbons (Fsp3) is 0.235. The Morgan fingerprint density at radius 3 is 2.50 bits per heavy atom. The molecule has 2 rings (SSSR count). The Kier molecular flexibility index (Phi) is 6.71. The van der Waals surface area contributed by atoms with Gasteiger partial charge in [0.25, 0.3) is 5.91 Å². The zero-order valence-corrected chi connectivity index (χ0v) is 15.7. The van der Waals surface area contributed by atoms with E-state index in [-0.39, 0.29) is 27.8 Å². The Hall–Kier alpha value is -2.00. The van der Waals surface area contributed by atoms with Crippen molar-refractivity contribution in [3.63, 3.8) is 0 Å². The van der Waals surface area contributed by atoms with Crippen LogP contribution in [-0.4, -0.2) is 34.1 Å². The summed E-state index contributed by atoms with van der Waals surface area (Å²) in [7, 11) is -2.26. The number of rotatable bonds is 7. The molecule has 0 aliphatic heterocycles. The van der Waals surface area contributed by atoms with E-state index in [1.165, 1.54) is 49.6 Å². The molecule has 2 N–H and O–H groups in total. The fourth-order valence-electron chi connectivity index (χ4n) is 2.20. The molecular weight excluding hydrogens is 383 g/mol. The number of sulfonamides is 1. The second-order valence-corrected chi connectivity index (χ2v) is 7.68. The number of ether oxygens (including phenoxy) is 1. The number of hydrogen-bond donors (Lipinski definition) is 2. The van der Waals surface area contributed by atoms with Gasteiger partial charge in [0.05, 0.1) is 22.2 Å². The molecule has 2 aromatic rings. The summed E-state index contributed by atoms with van der Waals surface area (Å²) in [6, 6.07) is 9.11. The maximum atomic E-state index is 13.8. The van der Waals surface area contributed by atoms with Crippen molar-refractivity contribution in [3.05, 3.63) is 58.9 Å². The monoisotopic (exact) mass is 400 g/mol. The van der Waals surface area contributed by atoms with Gasteiger partial charge in [-0.3, -0.25) is 4.79 Å². The third kappa shape index (κ3) is 5.01. The predicted octanol–water partition coefficient (Wildman–Crippen LogP) is 3.04. The quantitative estimate of drug-likeness (QED) is 0.748. The van der Waals surface area contributed by atoms with Gasteiger partial charge in [-0.2, -0.15) is 0 Å². The van der Waals surface area contributed by atoms with Crippen molar-refractivity contribution in [1.82, 2.24) is 4.72 Å². The maximum Gasteiger partial charge on any atom is 0.255 e. The van der Waals surface area contributed by atoms with Crippen LogP contribution in [0.3, 0.4) is 0 Å². The lowest BCUT2D eigenvalue weighted by Gasteiger charge is -2.13. The lowest BCUT2D eigenvalue weighted by Crippen LogP contribution is -2.35. The van der Waals surface area contributed by atoms with E-state index in [2.05, 4.69) is 10.0 Å². The second-order valence-electron chi connectivity index (χ2n) is 5.56. The molecule has 2 aromatic carbocycles. The molecule has 6 nitrogen and oxygen atoms in total. The molecule has 0 radical (unpaired) electrons. The molecule has 140 valence electrons. The Morgan fingerprint density at radius 1 is 1.23 bits per heavy atom. The number of methoxy groups -OCH3 is 1. The lowest BCUT2D eigenvalue weighted by atomic mass is 10.2. The average molecular weight is 401 g/mol. The highest BCUT2D eigenvalue weighted by Gasteiger charge is 2.18. The number of carbonyl (C=O) groups is 1. The molecular formula is C17H18ClFN2O4S. The summed E-state index contributed by atoms with van der Waals surface area (Å²) in [6.45, 7) is 1.90. The van der Waals surface area contributed by atoms with Crippen LogP contribution >= 0.6 is 11.6 Å². The third-order valence-corrected chi connectivity index (χ3v) is 5.30. The van der Waals surface area contributed by atoms with Gasteiger partial charge < -0.3 is 10.1 Å². The molecule has 0 unspecified atom stereocenters. The van der Waals surface area contributed by atoms with Gasteiger partial charge in [0.2, 0.25) is 10.0 Å². The van der Waals surface area contributed by atoms with Crippen LogP contribution < -0.4 is 10.0 Å². The number of hydrogen-bond acceptors (Lipinski definition) is 4. The molecule has 0 bridgehead atoms. The predicted molar refractivity (Wildman–Crippen MR) is 97.5 cm³/mol. The van der Waals surface area contributed by atoms with E-state index >= 15 is 0 Å². The van der Waals surface area contributed by atoms with Gasteiger partial charge in [-0.15, -0.1) is 0 Å². The topological polar surface area (TPSA) is 84.5 Å². The summed E-state index contributed by atoms with van der Waals surface area (Å²) in [4.78, 5) is 12.2. The van der Waals surface area contributed by atoms with Crippen molar-refractivity contribution < 1.29 is 22.3 Å². The van der Waals surface area contributed by atoms with Gasteiger partial charge in [0, 0.05) is 18.7 Å². The van der Waals surface area contributed by atoms with E-state index in [9.17, 15) is 17.6 Å². The summed E-state index contributed by atoms with van der Waals surface area (Å²) in [5, 5.41) is 2.28. The molecule has 0 heterocycles. The van der Waals surface area contributed by atoms with E-state index in [0.29, 0.717) is 0 Å². The van der Waals surface area contributed by atoms with E-state index in [1.807, 2.05) is 0 Å². The van der Waals surface area contributed by atoms with Crippen LogP contribution in [0.15, 0.2) is 47.4 Å². The van der Waals surface area contributed by atoms with Gasteiger partial charge in [-0.05, 0) is 43.3 Å². The van der Waals surface area contributed by atoms with Crippen molar-refractivity contribution in [1.29, 1.82) is 0 Å². The summed E-state index contributed by atoms with van der Waals surface area (Å²) >= 11 is 5.67. The second kappa shape index (κ2) is 8.59. The number of amides is 1. The highest BCUT2D eigenvalue weighted by atomic mass is 35.5. The first-order valence-electron chi connectivity index (χ1n) is 7.61. The van der Waals surface area contributed by atoms with Crippen LogP contribution in [-0.2, 0) is 14.8 Å². The Labute approximate surface area is 156 Å². The highest BCUT2D eigenvalue weighted by Crippen LogP contribution is 2.22. The molecule has 0 saturated heterocycles. The molecule has 9 heteroatoms. The molecule has 0 saturated carbocycles. The van der Waals surface area contributed by atoms with E-state index in [0.717, 1.165) is 0 Å². The van der Waals surface area contributed by atoms with E-state index < -0.39 is 27.8 Å². The van der Waals surface area contributed by atoms with Crippen molar-refractivity contribution in [2.24, 2.45) is 0 Å². The summed E-state index contributed by atoms with van der Waals surface area (Å²) < 4.78 is 45.7. The van der Waals surface area contributed by atoms with Crippen LogP contribution in [0.4, 0.5) is 10.1 Å². The Morgan fingerprint density at radius 2 is 1.88 bits per heavy atom. The first kappa shape index (κ1) is 20.3. The number of halogens is 2.